The van der Waals surface area contributed by atoms with Gasteiger partial charge in [0.1, 0.15) is 0 Å². The first-order chi connectivity index (χ1) is 5.11. The third kappa shape index (κ3) is 2.17. The lowest BCUT2D eigenvalue weighted by Gasteiger charge is -2.18. The van der Waals surface area contributed by atoms with E-state index in [0.717, 1.165) is 0 Å². The molecule has 2 nitrogen and oxygen atoms in total. The molecule has 0 N–H and O–H groups in total. The Morgan fingerprint density at radius 1 is 1.36 bits per heavy atom. The van der Waals surface area contributed by atoms with Crippen LogP contribution in [0.5, 0.6) is 0 Å². The van der Waals surface area contributed by atoms with Gasteiger partial charge in [-0.25, -0.2) is 0 Å². The molecule has 0 fully saturated rings. The molecule has 0 radical (unpaired) electrons. The zero-order valence-electron chi connectivity index (χ0n) is 7.13. The smallest absolute Gasteiger partial charge is 0.0506 e. The number of allylic oxidation sites excluding steroid dienone is 3. The van der Waals surface area contributed by atoms with Crippen LogP contribution >= 0.6 is 0 Å². The first-order valence-corrected chi connectivity index (χ1v) is 3.63. The van der Waals surface area contributed by atoms with Gasteiger partial charge in [0.2, 0.25) is 0 Å². The molecule has 58 valence electrons. The number of hydrogen-bond donors (Lipinski definition) is 0. The van der Waals surface area contributed by atoms with Crippen molar-refractivity contribution in [3.8, 4) is 0 Å². The molecular formula is C9H12N2. The van der Waals surface area contributed by atoms with Gasteiger partial charge in [-0.15, -0.1) is 5.10 Å². The van der Waals surface area contributed by atoms with Crippen LogP contribution in [0.4, 0.5) is 0 Å². The van der Waals surface area contributed by atoms with Crippen LogP contribution < -0.4 is 0 Å². The highest BCUT2D eigenvalue weighted by Gasteiger charge is 2.13. The molecule has 0 unspecified atom stereocenters. The van der Waals surface area contributed by atoms with Crippen molar-refractivity contribution in [1.29, 1.82) is 0 Å². The zero-order valence-corrected chi connectivity index (χ0v) is 7.13. The minimum Gasteiger partial charge on any atom is -0.150 e. The summed E-state index contributed by atoms with van der Waals surface area (Å²) >= 11 is 0. The molecule has 0 atom stereocenters. The maximum atomic E-state index is 3.72. The van der Waals surface area contributed by atoms with E-state index >= 15 is 0 Å². The van der Waals surface area contributed by atoms with Crippen molar-refractivity contribution >= 4 is 12.1 Å². The molecule has 0 aliphatic carbocycles. The molecule has 0 saturated heterocycles. The fraction of sp³-hybridized carbons (Fsp3) is 0.444. The number of rotatable bonds is 0. The molecule has 0 spiro atoms. The van der Waals surface area contributed by atoms with Crippen LogP contribution in [0.2, 0.25) is 0 Å². The first-order valence-electron chi connectivity index (χ1n) is 3.63. The molecule has 0 aromatic rings. The molecule has 0 aromatic carbocycles. The van der Waals surface area contributed by atoms with Gasteiger partial charge < -0.3 is 0 Å². The maximum Gasteiger partial charge on any atom is 0.0506 e. The average Bonchev–Trinajstić information content (AvgIpc) is 2.10. The minimum absolute atomic E-state index is 0.152. The average molecular weight is 148 g/mol. The number of hydrogen-bond acceptors (Lipinski definition) is 2. The van der Waals surface area contributed by atoms with Gasteiger partial charge >= 0.3 is 0 Å². The van der Waals surface area contributed by atoms with Gasteiger partial charge in [-0.2, -0.15) is 5.10 Å². The summed E-state index contributed by atoms with van der Waals surface area (Å²) in [5.74, 6) is 2.74. The fourth-order valence-corrected chi connectivity index (χ4v) is 0.793. The van der Waals surface area contributed by atoms with Gasteiger partial charge in [-0.1, -0.05) is 20.8 Å². The predicted molar refractivity (Wildman–Crippen MR) is 48.0 cm³/mol. The molecule has 0 bridgehead atoms. The Morgan fingerprint density at radius 2 is 2.09 bits per heavy atom. The monoisotopic (exact) mass is 148 g/mol. The summed E-state index contributed by atoms with van der Waals surface area (Å²) in [6.45, 7) is 6.45. The number of nitrogens with zero attached hydrogens (tertiary/aromatic N) is 2. The SMILES string of the molecule is CC(C)(C)C1=CC=NN=C=C1. The van der Waals surface area contributed by atoms with E-state index in [9.17, 15) is 0 Å². The normalized spacial score (nSPS) is 16.5. The van der Waals surface area contributed by atoms with Crippen LogP contribution in [0.15, 0.2) is 27.9 Å². The van der Waals surface area contributed by atoms with E-state index in [4.69, 9.17) is 0 Å². The molecular weight excluding hydrogens is 136 g/mol. The third-order valence-corrected chi connectivity index (χ3v) is 1.52. The molecule has 0 saturated carbocycles. The van der Waals surface area contributed by atoms with Crippen LogP contribution in [-0.2, 0) is 0 Å². The van der Waals surface area contributed by atoms with Crippen LogP contribution in [0.3, 0.4) is 0 Å². The van der Waals surface area contributed by atoms with Gasteiger partial charge in [-0.05, 0) is 17.1 Å². The van der Waals surface area contributed by atoms with Gasteiger partial charge in [0.05, 0.1) is 6.21 Å². The Hall–Kier alpha value is -1.14. The van der Waals surface area contributed by atoms with Crippen molar-refractivity contribution in [2.45, 2.75) is 20.8 Å². The van der Waals surface area contributed by atoms with E-state index in [1.807, 2.05) is 12.2 Å². The first kappa shape index (κ1) is 7.96. The maximum absolute atomic E-state index is 3.72. The Kier molecular flexibility index (Phi) is 2.06. The Bertz CT molecular complexity index is 258. The summed E-state index contributed by atoms with van der Waals surface area (Å²) in [5, 5.41) is 7.36. The van der Waals surface area contributed by atoms with Crippen molar-refractivity contribution in [2.24, 2.45) is 15.6 Å². The fourth-order valence-electron chi connectivity index (χ4n) is 0.793. The van der Waals surface area contributed by atoms with Crippen molar-refractivity contribution in [3.05, 3.63) is 17.7 Å². The second kappa shape index (κ2) is 2.85. The molecule has 1 aliphatic heterocycles. The van der Waals surface area contributed by atoms with Gasteiger partial charge in [-0.3, -0.25) is 0 Å². The minimum atomic E-state index is 0.152. The molecule has 1 aliphatic rings. The Morgan fingerprint density at radius 3 is 2.73 bits per heavy atom. The summed E-state index contributed by atoms with van der Waals surface area (Å²) in [4.78, 5) is 0. The standard InChI is InChI=1S/C9H12N2/c1-9(2,3)8-4-6-10-11-7-5-8/h4-6H,1-3H3. The van der Waals surface area contributed by atoms with Crippen molar-refractivity contribution < 1.29 is 0 Å². The largest absolute Gasteiger partial charge is 0.150 e. The third-order valence-electron chi connectivity index (χ3n) is 1.52. The summed E-state index contributed by atoms with van der Waals surface area (Å²) < 4.78 is 0. The van der Waals surface area contributed by atoms with E-state index in [-0.39, 0.29) is 5.41 Å². The van der Waals surface area contributed by atoms with E-state index in [1.54, 1.807) is 6.21 Å². The summed E-state index contributed by atoms with van der Waals surface area (Å²) in [6, 6.07) is 0. The summed E-state index contributed by atoms with van der Waals surface area (Å²) in [5.41, 5.74) is 1.35. The molecule has 2 heteroatoms. The topological polar surface area (TPSA) is 24.7 Å². The van der Waals surface area contributed by atoms with Crippen LogP contribution in [0, 0.1) is 5.41 Å². The van der Waals surface area contributed by atoms with Crippen LogP contribution in [0.25, 0.3) is 0 Å². The molecule has 1 heterocycles. The van der Waals surface area contributed by atoms with Crippen molar-refractivity contribution in [3.63, 3.8) is 0 Å². The van der Waals surface area contributed by atoms with Gasteiger partial charge in [0, 0.05) is 11.9 Å². The van der Waals surface area contributed by atoms with E-state index in [0.29, 0.717) is 0 Å². The molecule has 0 amide bonds. The van der Waals surface area contributed by atoms with E-state index in [2.05, 4.69) is 36.8 Å². The lowest BCUT2D eigenvalue weighted by molar-refractivity contribution is 0.518. The van der Waals surface area contributed by atoms with Crippen molar-refractivity contribution in [1.82, 2.24) is 0 Å². The predicted octanol–water partition coefficient (Wildman–Crippen LogP) is 2.18. The van der Waals surface area contributed by atoms with Gasteiger partial charge in [0.15, 0.2) is 0 Å². The molecule has 1 rings (SSSR count). The lowest BCUT2D eigenvalue weighted by atomic mass is 9.86. The van der Waals surface area contributed by atoms with E-state index in [1.165, 1.54) is 5.57 Å². The Balaban J connectivity index is 2.97. The zero-order chi connectivity index (χ0) is 8.32. The highest BCUT2D eigenvalue weighted by Crippen LogP contribution is 2.25. The summed E-state index contributed by atoms with van der Waals surface area (Å²) in [7, 11) is 0. The highest BCUT2D eigenvalue weighted by atomic mass is 15.2. The van der Waals surface area contributed by atoms with Gasteiger partial charge in [0.25, 0.3) is 0 Å². The lowest BCUT2D eigenvalue weighted by Crippen LogP contribution is -2.07. The Labute approximate surface area is 67.0 Å². The highest BCUT2D eigenvalue weighted by molar-refractivity contribution is 5.77. The summed E-state index contributed by atoms with van der Waals surface area (Å²) in [6.07, 6.45) is 5.52. The molecule has 0 aromatic heterocycles. The van der Waals surface area contributed by atoms with E-state index < -0.39 is 0 Å². The second-order valence-electron chi connectivity index (χ2n) is 3.51. The molecule has 11 heavy (non-hydrogen) atoms. The van der Waals surface area contributed by atoms with Crippen LogP contribution in [0.1, 0.15) is 20.8 Å². The van der Waals surface area contributed by atoms with Crippen LogP contribution in [-0.4, -0.2) is 12.1 Å². The van der Waals surface area contributed by atoms with Crippen molar-refractivity contribution in [2.75, 3.05) is 0 Å². The second-order valence-corrected chi connectivity index (χ2v) is 3.51. The quantitative estimate of drug-likeness (QED) is 0.503.